The first-order valence-corrected chi connectivity index (χ1v) is 12.6. The van der Waals surface area contributed by atoms with Crippen LogP contribution >= 0.6 is 0 Å². The summed E-state index contributed by atoms with van der Waals surface area (Å²) in [7, 11) is 1.93. The zero-order chi connectivity index (χ0) is 25.4. The Balaban J connectivity index is 1.18. The Hall–Kier alpha value is -4.21. The maximum absolute atomic E-state index is 11.8. The molecule has 0 bridgehead atoms. The summed E-state index contributed by atoms with van der Waals surface area (Å²) in [4.78, 5) is 27.5. The van der Waals surface area contributed by atoms with E-state index >= 15 is 0 Å². The number of nitrogens with one attached hydrogen (secondary N) is 1. The monoisotopic (exact) mass is 499 g/mol. The number of hydrogen-bond acceptors (Lipinski definition) is 8. The van der Waals surface area contributed by atoms with Crippen molar-refractivity contribution in [1.29, 1.82) is 0 Å². The van der Waals surface area contributed by atoms with Crippen LogP contribution in [-0.2, 0) is 17.6 Å². The van der Waals surface area contributed by atoms with Crippen molar-refractivity contribution >= 4 is 35.2 Å². The second-order valence-electron chi connectivity index (χ2n) is 9.64. The number of fused-ring (bicyclic) bond motifs is 3. The highest BCUT2D eigenvalue weighted by Gasteiger charge is 2.32. The van der Waals surface area contributed by atoms with E-state index in [9.17, 15) is 9.90 Å². The van der Waals surface area contributed by atoms with Gasteiger partial charge in [0, 0.05) is 37.3 Å². The molecule has 0 amide bonds. The van der Waals surface area contributed by atoms with Gasteiger partial charge in [0.1, 0.15) is 23.8 Å². The molecule has 10 heteroatoms. The van der Waals surface area contributed by atoms with Gasteiger partial charge < -0.3 is 20.1 Å². The number of rotatable bonds is 8. The second-order valence-corrected chi connectivity index (χ2v) is 9.64. The number of aliphatic carboxylic acids is 1. The lowest BCUT2D eigenvalue weighted by molar-refractivity contribution is -0.137. The van der Waals surface area contributed by atoms with Crippen LogP contribution < -0.4 is 10.1 Å². The molecule has 190 valence electrons. The molecule has 3 atom stereocenters. The standard InChI is InChI=1S/C27H29N7O3/c1-33-16-30-22-12-19(14-29-27(22)33)24(13-25(35)36)34-23-7-6-21(11-18(23)15-31-34)37-10-8-20-5-4-17-3-2-9-28-26(17)32-20/h4-7,11-12,14-16,22,24,27H,2-3,8-10,13H2,1H3,(H,28,32)(H,35,36). The summed E-state index contributed by atoms with van der Waals surface area (Å²) in [5.74, 6) is 0.833. The molecule has 3 aromatic rings. The smallest absolute Gasteiger partial charge is 0.305 e. The van der Waals surface area contributed by atoms with E-state index in [2.05, 4.69) is 32.5 Å². The topological polar surface area (TPSA) is 117 Å². The number of nitrogens with zero attached hydrogens (tertiary/aromatic N) is 6. The number of hydrogen-bond donors (Lipinski definition) is 2. The van der Waals surface area contributed by atoms with Crippen LogP contribution in [0.15, 0.2) is 58.2 Å². The van der Waals surface area contributed by atoms with Gasteiger partial charge in [-0.05, 0) is 54.3 Å². The normalized spacial score (nSPS) is 20.8. The van der Waals surface area contributed by atoms with Crippen LogP contribution in [0.25, 0.3) is 10.9 Å². The molecular formula is C27H29N7O3. The van der Waals surface area contributed by atoms with Gasteiger partial charge in [-0.1, -0.05) is 6.07 Å². The lowest BCUT2D eigenvalue weighted by Crippen LogP contribution is -2.34. The number of pyridine rings is 1. The first kappa shape index (κ1) is 23.2. The molecule has 0 saturated heterocycles. The van der Waals surface area contributed by atoms with Crippen LogP contribution in [0.1, 0.15) is 30.1 Å². The number of carbonyl (C=O) groups is 1. The van der Waals surface area contributed by atoms with Crippen molar-refractivity contribution < 1.29 is 14.6 Å². The fraction of sp³-hybridized carbons (Fsp3) is 0.370. The number of benzene rings is 1. The van der Waals surface area contributed by atoms with E-state index in [4.69, 9.17) is 9.72 Å². The Labute approximate surface area is 214 Å². The van der Waals surface area contributed by atoms with Gasteiger partial charge in [-0.25, -0.2) is 4.98 Å². The minimum absolute atomic E-state index is 0.0731. The van der Waals surface area contributed by atoms with E-state index in [1.165, 1.54) is 5.56 Å². The molecular weight excluding hydrogens is 470 g/mol. The van der Waals surface area contributed by atoms with Crippen LogP contribution in [0.2, 0.25) is 0 Å². The third-order valence-corrected chi connectivity index (χ3v) is 7.08. The van der Waals surface area contributed by atoms with Gasteiger partial charge in [0.15, 0.2) is 0 Å². The third kappa shape index (κ3) is 4.66. The van der Waals surface area contributed by atoms with Crippen molar-refractivity contribution in [2.24, 2.45) is 9.98 Å². The Morgan fingerprint density at radius 2 is 2.19 bits per heavy atom. The predicted molar refractivity (Wildman–Crippen MR) is 142 cm³/mol. The SMILES string of the molecule is CN1C=NC2C=C(C(CC(=O)O)n3ncc4cc(OCCc5ccc6c(n5)NCCC6)ccc43)C=NC21. The van der Waals surface area contributed by atoms with Crippen molar-refractivity contribution in [1.82, 2.24) is 19.7 Å². The molecule has 5 heterocycles. The van der Waals surface area contributed by atoms with Crippen LogP contribution in [-0.4, -0.2) is 75.7 Å². The first-order valence-electron chi connectivity index (χ1n) is 12.6. The van der Waals surface area contributed by atoms with Crippen LogP contribution in [0.5, 0.6) is 5.75 Å². The van der Waals surface area contributed by atoms with Crippen molar-refractivity contribution in [3.05, 3.63) is 59.4 Å². The Morgan fingerprint density at radius 1 is 1.27 bits per heavy atom. The highest BCUT2D eigenvalue weighted by atomic mass is 16.5. The molecule has 0 radical (unpaired) electrons. The van der Waals surface area contributed by atoms with Gasteiger partial charge in [-0.15, -0.1) is 0 Å². The number of carboxylic acids is 1. The summed E-state index contributed by atoms with van der Waals surface area (Å²) in [6.45, 7) is 1.48. The van der Waals surface area contributed by atoms with Crippen molar-refractivity contribution in [2.75, 3.05) is 25.5 Å². The number of dihydropyridines is 1. The van der Waals surface area contributed by atoms with Gasteiger partial charge in [-0.3, -0.25) is 19.5 Å². The molecule has 2 aromatic heterocycles. The van der Waals surface area contributed by atoms with E-state index in [1.807, 2.05) is 36.2 Å². The predicted octanol–water partition coefficient (Wildman–Crippen LogP) is 3.11. The fourth-order valence-corrected chi connectivity index (χ4v) is 5.15. The minimum atomic E-state index is -0.900. The molecule has 3 aliphatic rings. The van der Waals surface area contributed by atoms with Gasteiger partial charge in [0.25, 0.3) is 0 Å². The largest absolute Gasteiger partial charge is 0.493 e. The first-order chi connectivity index (χ1) is 18.0. The van der Waals surface area contributed by atoms with Gasteiger partial charge >= 0.3 is 5.97 Å². The molecule has 37 heavy (non-hydrogen) atoms. The van der Waals surface area contributed by atoms with E-state index in [0.29, 0.717) is 13.0 Å². The van der Waals surface area contributed by atoms with E-state index in [1.54, 1.807) is 23.4 Å². The van der Waals surface area contributed by atoms with Crippen LogP contribution in [0.3, 0.4) is 0 Å². The summed E-state index contributed by atoms with van der Waals surface area (Å²) < 4.78 is 7.79. The maximum atomic E-state index is 11.8. The molecule has 10 nitrogen and oxygen atoms in total. The third-order valence-electron chi connectivity index (χ3n) is 7.08. The van der Waals surface area contributed by atoms with Gasteiger partial charge in [-0.2, -0.15) is 5.10 Å². The quantitative estimate of drug-likeness (QED) is 0.489. The molecule has 0 aliphatic carbocycles. The fourth-order valence-electron chi connectivity index (χ4n) is 5.15. The number of carboxylic acid groups (broad SMARTS) is 1. The number of aryl methyl sites for hydroxylation is 1. The Bertz CT molecular complexity index is 1430. The van der Waals surface area contributed by atoms with E-state index in [0.717, 1.165) is 53.1 Å². The summed E-state index contributed by atoms with van der Waals surface area (Å²) in [5, 5.41) is 18.5. The minimum Gasteiger partial charge on any atom is -0.493 e. The van der Waals surface area contributed by atoms with Crippen LogP contribution in [0, 0.1) is 0 Å². The van der Waals surface area contributed by atoms with Crippen molar-refractivity contribution in [2.45, 2.75) is 43.9 Å². The molecule has 3 aliphatic heterocycles. The van der Waals surface area contributed by atoms with Crippen LogP contribution in [0.4, 0.5) is 5.82 Å². The summed E-state index contributed by atoms with van der Waals surface area (Å²) in [6.07, 6.45) is 10.0. The zero-order valence-corrected chi connectivity index (χ0v) is 20.6. The molecule has 3 unspecified atom stereocenters. The average Bonchev–Trinajstić information content (AvgIpc) is 3.50. The molecule has 0 spiro atoms. The van der Waals surface area contributed by atoms with Gasteiger partial charge in [0.2, 0.25) is 0 Å². The van der Waals surface area contributed by atoms with E-state index < -0.39 is 12.0 Å². The van der Waals surface area contributed by atoms with E-state index in [-0.39, 0.29) is 18.6 Å². The molecule has 0 fully saturated rings. The maximum Gasteiger partial charge on any atom is 0.305 e. The summed E-state index contributed by atoms with van der Waals surface area (Å²) >= 11 is 0. The highest BCUT2D eigenvalue weighted by Crippen LogP contribution is 2.31. The number of ether oxygens (including phenoxy) is 1. The van der Waals surface area contributed by atoms with Crippen molar-refractivity contribution in [3.8, 4) is 5.75 Å². The number of aromatic nitrogens is 3. The molecule has 1 aromatic carbocycles. The number of allylic oxidation sites excluding steroid dienone is 1. The lowest BCUT2D eigenvalue weighted by Gasteiger charge is -2.26. The second kappa shape index (κ2) is 9.68. The molecule has 0 saturated carbocycles. The average molecular weight is 500 g/mol. The zero-order valence-electron chi connectivity index (χ0n) is 20.6. The van der Waals surface area contributed by atoms with Crippen molar-refractivity contribution in [3.63, 3.8) is 0 Å². The molecule has 2 N–H and O–H groups in total. The van der Waals surface area contributed by atoms with Gasteiger partial charge in [0.05, 0.1) is 37.1 Å². The number of likely N-dealkylation sites (N-methyl/N-ethyl adjacent to an activating group) is 1. The summed E-state index contributed by atoms with van der Waals surface area (Å²) in [5.41, 5.74) is 3.91. The number of aliphatic imine (C=N–C) groups is 2. The number of anilines is 1. The lowest BCUT2D eigenvalue weighted by atomic mass is 9.99. The highest BCUT2D eigenvalue weighted by molar-refractivity contribution is 5.86. The summed E-state index contributed by atoms with van der Waals surface area (Å²) in [6, 6.07) is 9.38. The Morgan fingerprint density at radius 3 is 3.08 bits per heavy atom. The Kier molecular flexibility index (Phi) is 6.07. The molecule has 6 rings (SSSR count).